The van der Waals surface area contributed by atoms with Crippen molar-refractivity contribution in [1.29, 1.82) is 5.41 Å². The smallest absolute Gasteiger partial charge is 0.291 e. The highest BCUT2D eigenvalue weighted by Gasteiger charge is 2.26. The third-order valence-electron chi connectivity index (χ3n) is 5.79. The molecule has 0 saturated heterocycles. The van der Waals surface area contributed by atoms with Crippen LogP contribution in [0.15, 0.2) is 113 Å². The molecule has 0 aliphatic carbocycles. The van der Waals surface area contributed by atoms with E-state index < -0.39 is 12.1 Å². The van der Waals surface area contributed by atoms with Crippen LogP contribution in [0.25, 0.3) is 0 Å². The first-order valence-electron chi connectivity index (χ1n) is 12.9. The molecule has 1 unspecified atom stereocenters. The summed E-state index contributed by atoms with van der Waals surface area (Å²) >= 11 is 0. The maximum atomic E-state index is 13.0. The molecule has 40 heavy (non-hydrogen) atoms. The number of carbonyl (C=O) groups is 1. The molecule has 0 radical (unpaired) electrons. The first-order valence-corrected chi connectivity index (χ1v) is 12.9. The zero-order valence-corrected chi connectivity index (χ0v) is 22.3. The van der Waals surface area contributed by atoms with Gasteiger partial charge in [-0.3, -0.25) is 15.2 Å². The summed E-state index contributed by atoms with van der Waals surface area (Å²) in [6, 6.07) is 29.5. The molecule has 202 valence electrons. The van der Waals surface area contributed by atoms with Gasteiger partial charge >= 0.3 is 0 Å². The van der Waals surface area contributed by atoms with E-state index in [1.807, 2.05) is 98.8 Å². The van der Waals surface area contributed by atoms with Gasteiger partial charge in [-0.1, -0.05) is 80.6 Å². The normalized spacial score (nSPS) is 14.3. The van der Waals surface area contributed by atoms with Crippen molar-refractivity contribution < 1.29 is 9.53 Å². The van der Waals surface area contributed by atoms with Gasteiger partial charge in [-0.25, -0.2) is 4.99 Å². The topological polar surface area (TPSA) is 138 Å². The molecule has 2 heterocycles. The summed E-state index contributed by atoms with van der Waals surface area (Å²) in [5, 5.41) is 14.6. The minimum Gasteiger partial charge on any atom is -0.407 e. The number of rotatable bonds is 6. The van der Waals surface area contributed by atoms with E-state index in [-0.39, 0.29) is 11.9 Å². The molecule has 5 N–H and O–H groups in total. The molecule has 0 bridgehead atoms. The van der Waals surface area contributed by atoms with E-state index >= 15 is 0 Å². The maximum absolute atomic E-state index is 13.0. The number of para-hydroxylation sites is 2. The number of benzene rings is 3. The van der Waals surface area contributed by atoms with Crippen LogP contribution in [-0.4, -0.2) is 34.7 Å². The highest BCUT2D eigenvalue weighted by molar-refractivity contribution is 6.19. The Kier molecular flexibility index (Phi) is 9.34. The third-order valence-corrected chi connectivity index (χ3v) is 5.79. The SMILES string of the molecule is CC.N=C(O/C(N)=N/C1N=C(c2ccccc2)c2ccccc2NC1=O)c1ccccc1NCc1ccccn1. The highest BCUT2D eigenvalue weighted by Crippen LogP contribution is 2.24. The number of nitrogens with two attached hydrogens (primary N) is 1. The van der Waals surface area contributed by atoms with Crippen molar-refractivity contribution >= 4 is 34.9 Å². The van der Waals surface area contributed by atoms with Crippen LogP contribution in [0, 0.1) is 5.41 Å². The second kappa shape index (κ2) is 13.5. The van der Waals surface area contributed by atoms with Gasteiger partial charge in [0.15, 0.2) is 0 Å². The Morgan fingerprint density at radius 1 is 0.975 bits per heavy atom. The summed E-state index contributed by atoms with van der Waals surface area (Å²) in [7, 11) is 0. The number of ether oxygens (including phenoxy) is 1. The van der Waals surface area contributed by atoms with E-state index in [2.05, 4.69) is 25.6 Å². The van der Waals surface area contributed by atoms with Crippen molar-refractivity contribution in [3.05, 3.63) is 126 Å². The van der Waals surface area contributed by atoms with E-state index in [1.165, 1.54) is 0 Å². The Morgan fingerprint density at radius 3 is 2.45 bits per heavy atom. The number of aromatic nitrogens is 1. The van der Waals surface area contributed by atoms with Gasteiger partial charge in [0.25, 0.3) is 11.9 Å². The molecule has 4 aromatic rings. The number of carbonyl (C=O) groups excluding carboxylic acids is 1. The van der Waals surface area contributed by atoms with E-state index in [0.29, 0.717) is 29.2 Å². The molecule has 0 fully saturated rings. The van der Waals surface area contributed by atoms with E-state index in [1.54, 1.807) is 18.3 Å². The fourth-order valence-corrected chi connectivity index (χ4v) is 3.99. The average Bonchev–Trinajstić information content (AvgIpc) is 3.14. The monoisotopic (exact) mass is 533 g/mol. The molecule has 1 aromatic heterocycles. The number of amidine groups is 1. The molecule has 9 nitrogen and oxygen atoms in total. The van der Waals surface area contributed by atoms with E-state index in [0.717, 1.165) is 16.8 Å². The lowest BCUT2D eigenvalue weighted by molar-refractivity contribution is -0.117. The fourth-order valence-electron chi connectivity index (χ4n) is 3.99. The Labute approximate surface area is 233 Å². The first-order chi connectivity index (χ1) is 19.6. The van der Waals surface area contributed by atoms with Crippen molar-refractivity contribution in [2.75, 3.05) is 10.6 Å². The number of amides is 1. The summed E-state index contributed by atoms with van der Waals surface area (Å²) in [5.41, 5.74) is 10.9. The lowest BCUT2D eigenvalue weighted by Gasteiger charge is -2.13. The summed E-state index contributed by atoms with van der Waals surface area (Å²) in [4.78, 5) is 26.2. The van der Waals surface area contributed by atoms with Crippen molar-refractivity contribution in [3.8, 4) is 0 Å². The van der Waals surface area contributed by atoms with Gasteiger partial charge in [-0.2, -0.15) is 4.99 Å². The van der Waals surface area contributed by atoms with Crippen molar-refractivity contribution in [2.45, 2.75) is 26.6 Å². The van der Waals surface area contributed by atoms with Crippen LogP contribution in [0.1, 0.15) is 36.2 Å². The number of fused-ring (bicyclic) bond motifs is 1. The van der Waals surface area contributed by atoms with E-state index in [9.17, 15) is 4.79 Å². The minimum atomic E-state index is -1.21. The average molecular weight is 534 g/mol. The molecule has 1 aliphatic rings. The number of aliphatic imine (C=N–C) groups is 2. The Balaban J connectivity index is 0.00000181. The lowest BCUT2D eigenvalue weighted by Crippen LogP contribution is -2.29. The standard InChI is InChI=1S/C29H25N7O2.C2H6/c30-26(22-14-5-6-15-23(22)33-18-20-12-8-9-17-32-20)38-29(31)36-27-28(37)34-24-16-7-4-13-21(24)25(35-27)19-10-2-1-3-11-19;1-2/h1-17,27,30,33H,18H2,(H2,31,36)(H,34,37);1-2H3. The molecular weight excluding hydrogens is 502 g/mol. The van der Waals surface area contributed by atoms with Crippen molar-refractivity contribution in [3.63, 3.8) is 0 Å². The highest BCUT2D eigenvalue weighted by atomic mass is 16.5. The molecule has 1 amide bonds. The molecule has 9 heteroatoms. The first kappa shape index (κ1) is 27.7. The van der Waals surface area contributed by atoms with Gasteiger partial charge in [-0.15, -0.1) is 0 Å². The second-order valence-electron chi connectivity index (χ2n) is 8.37. The number of hydrogen-bond acceptors (Lipinski definition) is 7. The van der Waals surface area contributed by atoms with Gasteiger partial charge in [-0.05, 0) is 30.3 Å². The van der Waals surface area contributed by atoms with Crippen molar-refractivity contribution in [2.24, 2.45) is 15.7 Å². The quantitative estimate of drug-likeness (QED) is 0.200. The molecular formula is C31H31N7O2. The molecule has 0 saturated carbocycles. The minimum absolute atomic E-state index is 0.222. The number of nitrogens with zero attached hydrogens (tertiary/aromatic N) is 3. The van der Waals surface area contributed by atoms with Crippen LogP contribution in [0.3, 0.4) is 0 Å². The van der Waals surface area contributed by atoms with Gasteiger partial charge < -0.3 is 21.1 Å². The van der Waals surface area contributed by atoms with Crippen LogP contribution in [0.4, 0.5) is 11.4 Å². The van der Waals surface area contributed by atoms with Gasteiger partial charge in [0.1, 0.15) is 0 Å². The predicted octanol–water partition coefficient (Wildman–Crippen LogP) is 5.19. The molecule has 1 atom stereocenters. The van der Waals surface area contributed by atoms with Crippen molar-refractivity contribution in [1.82, 2.24) is 4.98 Å². The number of pyridine rings is 1. The Bertz CT molecular complexity index is 1520. The Hall–Kier alpha value is -5.31. The number of nitrogens with one attached hydrogen (secondary N) is 3. The number of anilines is 2. The zero-order chi connectivity index (χ0) is 28.3. The second-order valence-corrected chi connectivity index (χ2v) is 8.37. The molecule has 0 spiro atoms. The largest absolute Gasteiger partial charge is 0.407 e. The summed E-state index contributed by atoms with van der Waals surface area (Å²) in [5.74, 6) is -0.682. The summed E-state index contributed by atoms with van der Waals surface area (Å²) in [6.07, 6.45) is 0.516. The van der Waals surface area contributed by atoms with Crippen LogP contribution < -0.4 is 16.4 Å². The fraction of sp³-hybridized carbons (Fsp3) is 0.129. The van der Waals surface area contributed by atoms with Crippen LogP contribution in [0.2, 0.25) is 0 Å². The van der Waals surface area contributed by atoms with E-state index in [4.69, 9.17) is 15.9 Å². The third kappa shape index (κ3) is 6.76. The number of benzodiazepines with no additional fused rings is 1. The van der Waals surface area contributed by atoms with Crippen LogP contribution in [0.5, 0.6) is 0 Å². The Morgan fingerprint density at radius 2 is 1.68 bits per heavy atom. The predicted molar refractivity (Wildman–Crippen MR) is 160 cm³/mol. The van der Waals surface area contributed by atoms with Gasteiger partial charge in [0.2, 0.25) is 12.1 Å². The zero-order valence-electron chi connectivity index (χ0n) is 22.3. The van der Waals surface area contributed by atoms with Crippen LogP contribution >= 0.6 is 0 Å². The molecule has 3 aromatic carbocycles. The van der Waals surface area contributed by atoms with Gasteiger partial charge in [0, 0.05) is 23.0 Å². The number of hydrogen-bond donors (Lipinski definition) is 4. The van der Waals surface area contributed by atoms with Gasteiger partial charge in [0.05, 0.1) is 29.2 Å². The summed E-state index contributed by atoms with van der Waals surface area (Å²) in [6.45, 7) is 4.47. The van der Waals surface area contributed by atoms with Crippen LogP contribution in [-0.2, 0) is 16.1 Å². The molecule has 5 rings (SSSR count). The lowest BCUT2D eigenvalue weighted by atomic mass is 10.0. The summed E-state index contributed by atoms with van der Waals surface area (Å²) < 4.78 is 5.55. The maximum Gasteiger partial charge on any atom is 0.291 e. The molecule has 1 aliphatic heterocycles.